The first-order valence-electron chi connectivity index (χ1n) is 9.85. The van der Waals surface area contributed by atoms with Crippen LogP contribution < -0.4 is 10.0 Å². The molecule has 0 aliphatic heterocycles. The normalized spacial score (nSPS) is 12.4. The third-order valence-corrected chi connectivity index (χ3v) is 4.96. The monoisotopic (exact) mass is 469 g/mol. The number of benzene rings is 1. The van der Waals surface area contributed by atoms with Crippen LogP contribution in [0.2, 0.25) is 0 Å². The van der Waals surface area contributed by atoms with Crippen molar-refractivity contribution < 1.29 is 26.4 Å². The Labute approximate surface area is 186 Å². The maximum Gasteiger partial charge on any atom is 0.433 e. The number of aryl methyl sites for hydroxylation is 1. The topological polar surface area (TPSA) is 88.2 Å². The first kappa shape index (κ1) is 25.4. The first-order valence-corrected chi connectivity index (χ1v) is 11.7. The number of nitrogens with zero attached hydrogens (tertiary/aromatic N) is 1. The molecule has 1 amide bonds. The molecule has 0 saturated carbocycles. The van der Waals surface area contributed by atoms with E-state index in [-0.39, 0.29) is 18.2 Å². The van der Waals surface area contributed by atoms with Crippen molar-refractivity contribution in [3.05, 3.63) is 64.5 Å². The Morgan fingerprint density at radius 3 is 2.44 bits per heavy atom. The molecule has 0 spiro atoms. The highest BCUT2D eigenvalue weighted by Crippen LogP contribution is 2.29. The van der Waals surface area contributed by atoms with E-state index in [2.05, 4.69) is 15.0 Å². The summed E-state index contributed by atoms with van der Waals surface area (Å²) >= 11 is 0. The number of halogens is 3. The van der Waals surface area contributed by atoms with Crippen LogP contribution in [0.1, 0.15) is 41.9 Å². The molecule has 2 aromatic rings. The second kappa shape index (κ2) is 10.2. The van der Waals surface area contributed by atoms with Crippen molar-refractivity contribution in [2.45, 2.75) is 39.9 Å². The van der Waals surface area contributed by atoms with Crippen molar-refractivity contribution in [1.82, 2.24) is 10.3 Å². The standard InChI is InChI=1S/C22H26F3N3O3S/c1-14(2)11-19-17(6-9-20(27-19)22(23,24)25)7-10-21(29)26-13-16-5-8-18(15(3)12-16)28-32(4,30)31/h5-10,12,14,28H,11,13H2,1-4H3,(H,26,29)/b10-7+. The summed E-state index contributed by atoms with van der Waals surface area (Å²) < 4.78 is 64.0. The summed E-state index contributed by atoms with van der Waals surface area (Å²) in [4.78, 5) is 15.9. The Balaban J connectivity index is 2.08. The lowest BCUT2D eigenvalue weighted by Crippen LogP contribution is -2.20. The van der Waals surface area contributed by atoms with E-state index in [0.29, 0.717) is 23.2 Å². The Morgan fingerprint density at radius 2 is 1.88 bits per heavy atom. The predicted molar refractivity (Wildman–Crippen MR) is 118 cm³/mol. The number of rotatable bonds is 8. The smallest absolute Gasteiger partial charge is 0.348 e. The molecule has 0 bridgehead atoms. The van der Waals surface area contributed by atoms with E-state index in [1.165, 1.54) is 18.2 Å². The number of nitrogens with one attached hydrogen (secondary N) is 2. The van der Waals surface area contributed by atoms with Gasteiger partial charge in [-0.15, -0.1) is 0 Å². The van der Waals surface area contributed by atoms with Gasteiger partial charge in [0.05, 0.1) is 11.9 Å². The molecular formula is C22H26F3N3O3S. The number of carbonyl (C=O) groups is 1. The van der Waals surface area contributed by atoms with Gasteiger partial charge in [0.25, 0.3) is 0 Å². The lowest BCUT2D eigenvalue weighted by molar-refractivity contribution is -0.141. The van der Waals surface area contributed by atoms with Gasteiger partial charge >= 0.3 is 6.18 Å². The van der Waals surface area contributed by atoms with Gasteiger partial charge in [-0.05, 0) is 54.2 Å². The maximum atomic E-state index is 13.0. The van der Waals surface area contributed by atoms with Crippen LogP contribution in [0.4, 0.5) is 18.9 Å². The minimum atomic E-state index is -4.53. The van der Waals surface area contributed by atoms with Crippen molar-refractivity contribution in [2.24, 2.45) is 5.92 Å². The summed E-state index contributed by atoms with van der Waals surface area (Å²) in [6.45, 7) is 5.70. The molecule has 0 unspecified atom stereocenters. The van der Waals surface area contributed by atoms with Crippen LogP contribution >= 0.6 is 0 Å². The number of alkyl halides is 3. The lowest BCUT2D eigenvalue weighted by Gasteiger charge is -2.12. The van der Waals surface area contributed by atoms with Crippen molar-refractivity contribution in [3.8, 4) is 0 Å². The molecule has 2 rings (SSSR count). The number of sulfonamides is 1. The van der Waals surface area contributed by atoms with E-state index in [1.807, 2.05) is 13.8 Å². The van der Waals surface area contributed by atoms with Gasteiger partial charge in [0, 0.05) is 18.3 Å². The predicted octanol–water partition coefficient (Wildman–Crippen LogP) is 4.31. The molecule has 0 atom stereocenters. The van der Waals surface area contributed by atoms with Gasteiger partial charge in [-0.2, -0.15) is 13.2 Å². The molecule has 174 valence electrons. The highest BCUT2D eigenvalue weighted by Gasteiger charge is 2.32. The number of hydrogen-bond acceptors (Lipinski definition) is 4. The van der Waals surface area contributed by atoms with E-state index in [0.717, 1.165) is 17.9 Å². The largest absolute Gasteiger partial charge is 0.433 e. The van der Waals surface area contributed by atoms with E-state index >= 15 is 0 Å². The molecule has 0 aliphatic carbocycles. The van der Waals surface area contributed by atoms with Crippen molar-refractivity contribution in [1.29, 1.82) is 0 Å². The molecule has 0 fully saturated rings. The van der Waals surface area contributed by atoms with E-state index in [1.54, 1.807) is 25.1 Å². The van der Waals surface area contributed by atoms with Gasteiger partial charge in [-0.1, -0.05) is 32.0 Å². The van der Waals surface area contributed by atoms with Crippen molar-refractivity contribution in [3.63, 3.8) is 0 Å². The summed E-state index contributed by atoms with van der Waals surface area (Å²) in [5.41, 5.74) is 1.69. The molecule has 32 heavy (non-hydrogen) atoms. The zero-order chi connectivity index (χ0) is 24.1. The maximum absolute atomic E-state index is 13.0. The van der Waals surface area contributed by atoms with Crippen LogP contribution in [0.5, 0.6) is 0 Å². The average molecular weight is 470 g/mol. The van der Waals surface area contributed by atoms with Crippen LogP contribution in [-0.4, -0.2) is 25.6 Å². The molecule has 1 aromatic carbocycles. The third-order valence-electron chi connectivity index (χ3n) is 4.37. The van der Waals surface area contributed by atoms with Gasteiger partial charge in [0.2, 0.25) is 15.9 Å². The SMILES string of the molecule is Cc1cc(CNC(=O)/C=C/c2ccc(C(F)(F)F)nc2CC(C)C)ccc1NS(C)(=O)=O. The molecule has 1 heterocycles. The lowest BCUT2D eigenvalue weighted by atomic mass is 10.0. The number of carbonyl (C=O) groups excluding carboxylic acids is 1. The van der Waals surface area contributed by atoms with Gasteiger partial charge in [0.1, 0.15) is 5.69 Å². The second-order valence-electron chi connectivity index (χ2n) is 7.90. The van der Waals surface area contributed by atoms with Gasteiger partial charge in [0.15, 0.2) is 0 Å². The summed E-state index contributed by atoms with van der Waals surface area (Å²) in [6.07, 6.45) is -0.426. The fourth-order valence-corrected chi connectivity index (χ4v) is 3.56. The summed E-state index contributed by atoms with van der Waals surface area (Å²) in [7, 11) is -3.39. The highest BCUT2D eigenvalue weighted by atomic mass is 32.2. The van der Waals surface area contributed by atoms with Crippen LogP contribution in [0.3, 0.4) is 0 Å². The van der Waals surface area contributed by atoms with Crippen molar-refractivity contribution in [2.75, 3.05) is 11.0 Å². The zero-order valence-electron chi connectivity index (χ0n) is 18.2. The van der Waals surface area contributed by atoms with Crippen LogP contribution in [-0.2, 0) is 34.0 Å². The molecule has 0 aliphatic rings. The van der Waals surface area contributed by atoms with E-state index < -0.39 is 27.8 Å². The summed E-state index contributed by atoms with van der Waals surface area (Å²) in [6, 6.07) is 7.26. The number of hydrogen-bond donors (Lipinski definition) is 2. The Bertz CT molecular complexity index is 1110. The minimum absolute atomic E-state index is 0.0929. The second-order valence-corrected chi connectivity index (χ2v) is 9.65. The number of pyridine rings is 1. The molecule has 0 saturated heterocycles. The number of anilines is 1. The van der Waals surface area contributed by atoms with Crippen LogP contribution in [0.25, 0.3) is 6.08 Å². The number of amides is 1. The van der Waals surface area contributed by atoms with E-state index in [9.17, 15) is 26.4 Å². The molecule has 2 N–H and O–H groups in total. The van der Waals surface area contributed by atoms with Gasteiger partial charge in [-0.25, -0.2) is 13.4 Å². The molecule has 1 aromatic heterocycles. The number of aromatic nitrogens is 1. The van der Waals surface area contributed by atoms with Crippen LogP contribution in [0.15, 0.2) is 36.4 Å². The summed E-state index contributed by atoms with van der Waals surface area (Å²) in [5.74, 6) is -0.327. The highest BCUT2D eigenvalue weighted by molar-refractivity contribution is 7.92. The fraction of sp³-hybridized carbons (Fsp3) is 0.364. The molecule has 0 radical (unpaired) electrons. The van der Waals surface area contributed by atoms with Gasteiger partial charge < -0.3 is 5.32 Å². The molecule has 6 nitrogen and oxygen atoms in total. The van der Waals surface area contributed by atoms with Crippen molar-refractivity contribution >= 4 is 27.7 Å². The zero-order valence-corrected chi connectivity index (χ0v) is 19.1. The summed E-state index contributed by atoms with van der Waals surface area (Å²) in [5, 5.41) is 2.70. The Morgan fingerprint density at radius 1 is 1.19 bits per heavy atom. The quantitative estimate of drug-likeness (QED) is 0.564. The average Bonchev–Trinajstić information content (AvgIpc) is 2.65. The van der Waals surface area contributed by atoms with Crippen LogP contribution in [0, 0.1) is 12.8 Å². The Kier molecular flexibility index (Phi) is 8.06. The minimum Gasteiger partial charge on any atom is -0.348 e. The first-order chi connectivity index (χ1) is 14.7. The molecular weight excluding hydrogens is 443 g/mol. The third kappa shape index (κ3) is 7.99. The fourth-order valence-electron chi connectivity index (χ4n) is 2.94. The Hall–Kier alpha value is -2.88. The van der Waals surface area contributed by atoms with Gasteiger partial charge in [-0.3, -0.25) is 9.52 Å². The van der Waals surface area contributed by atoms with E-state index in [4.69, 9.17) is 0 Å². The molecule has 10 heteroatoms.